The Morgan fingerprint density at radius 3 is 2.92 bits per heavy atom. The summed E-state index contributed by atoms with van der Waals surface area (Å²) in [6, 6.07) is 0.470. The first-order chi connectivity index (χ1) is 5.74. The van der Waals surface area contributed by atoms with Gasteiger partial charge in [0.25, 0.3) is 0 Å². The summed E-state index contributed by atoms with van der Waals surface area (Å²) in [5, 5.41) is 3.45. The van der Waals surface area contributed by atoms with Crippen molar-refractivity contribution in [1.82, 2.24) is 5.32 Å². The third-order valence-corrected chi connectivity index (χ3v) is 2.15. The molecular formula is C10H18N2. The molecule has 1 rings (SSSR count). The van der Waals surface area contributed by atoms with Gasteiger partial charge in [-0.25, -0.2) is 0 Å². The van der Waals surface area contributed by atoms with Gasteiger partial charge in [0, 0.05) is 11.7 Å². The summed E-state index contributed by atoms with van der Waals surface area (Å²) in [6.07, 6.45) is 7.41. The van der Waals surface area contributed by atoms with Gasteiger partial charge in [0.15, 0.2) is 0 Å². The van der Waals surface area contributed by atoms with Crippen LogP contribution in [0.15, 0.2) is 23.9 Å². The lowest BCUT2D eigenvalue weighted by Crippen LogP contribution is -2.34. The number of hydrogen-bond acceptors (Lipinski definition) is 2. The van der Waals surface area contributed by atoms with Crippen molar-refractivity contribution in [3.8, 4) is 0 Å². The minimum Gasteiger partial charge on any atom is -0.399 e. The molecule has 3 N–H and O–H groups in total. The van der Waals surface area contributed by atoms with Gasteiger partial charge in [0.05, 0.1) is 0 Å². The summed E-state index contributed by atoms with van der Waals surface area (Å²) >= 11 is 0. The Kier molecular flexibility index (Phi) is 3.35. The van der Waals surface area contributed by atoms with E-state index in [0.717, 1.165) is 12.2 Å². The minimum atomic E-state index is 0.470. The van der Waals surface area contributed by atoms with E-state index >= 15 is 0 Å². The molecule has 0 saturated carbocycles. The molecule has 0 aromatic heterocycles. The second kappa shape index (κ2) is 4.31. The van der Waals surface area contributed by atoms with E-state index in [0.29, 0.717) is 12.0 Å². The second-order valence-corrected chi connectivity index (χ2v) is 3.36. The minimum absolute atomic E-state index is 0.470. The summed E-state index contributed by atoms with van der Waals surface area (Å²) in [5.74, 6) is 0.515. The van der Waals surface area contributed by atoms with Gasteiger partial charge in [-0.2, -0.15) is 0 Å². The van der Waals surface area contributed by atoms with Crippen LogP contribution in [-0.4, -0.2) is 12.6 Å². The van der Waals surface area contributed by atoms with Crippen molar-refractivity contribution in [2.24, 2.45) is 11.7 Å². The Labute approximate surface area is 74.5 Å². The van der Waals surface area contributed by atoms with Crippen molar-refractivity contribution in [3.63, 3.8) is 0 Å². The molecule has 0 saturated heterocycles. The maximum absolute atomic E-state index is 5.66. The predicted molar refractivity (Wildman–Crippen MR) is 52.7 cm³/mol. The van der Waals surface area contributed by atoms with Crippen LogP contribution in [0.1, 0.15) is 20.3 Å². The van der Waals surface area contributed by atoms with Crippen molar-refractivity contribution >= 4 is 0 Å². The largest absolute Gasteiger partial charge is 0.399 e. The monoisotopic (exact) mass is 166 g/mol. The maximum Gasteiger partial charge on any atom is 0.0315 e. The van der Waals surface area contributed by atoms with Crippen LogP contribution in [0, 0.1) is 5.92 Å². The van der Waals surface area contributed by atoms with Crippen LogP contribution < -0.4 is 11.1 Å². The topological polar surface area (TPSA) is 38.0 Å². The van der Waals surface area contributed by atoms with E-state index in [1.807, 2.05) is 6.08 Å². The Balaban J connectivity index is 2.43. The highest BCUT2D eigenvalue weighted by Gasteiger charge is 2.14. The van der Waals surface area contributed by atoms with Gasteiger partial charge < -0.3 is 11.1 Å². The molecule has 0 aromatic rings. The highest BCUT2D eigenvalue weighted by molar-refractivity contribution is 5.24. The Morgan fingerprint density at radius 2 is 2.33 bits per heavy atom. The Hall–Kier alpha value is -0.760. The van der Waals surface area contributed by atoms with Gasteiger partial charge in [-0.3, -0.25) is 0 Å². The first-order valence-corrected chi connectivity index (χ1v) is 4.63. The van der Waals surface area contributed by atoms with E-state index in [2.05, 4.69) is 31.3 Å². The molecule has 12 heavy (non-hydrogen) atoms. The van der Waals surface area contributed by atoms with E-state index in [-0.39, 0.29) is 0 Å². The summed E-state index contributed by atoms with van der Waals surface area (Å²) in [5.41, 5.74) is 6.55. The molecule has 0 fully saturated rings. The van der Waals surface area contributed by atoms with Crippen molar-refractivity contribution in [3.05, 3.63) is 23.9 Å². The molecule has 2 heteroatoms. The van der Waals surface area contributed by atoms with E-state index in [1.54, 1.807) is 0 Å². The van der Waals surface area contributed by atoms with E-state index < -0.39 is 0 Å². The zero-order valence-corrected chi connectivity index (χ0v) is 7.88. The van der Waals surface area contributed by atoms with Gasteiger partial charge in [-0.05, 0) is 25.0 Å². The highest BCUT2D eigenvalue weighted by atomic mass is 14.9. The average Bonchev–Trinajstić information content (AvgIpc) is 2.03. The molecule has 0 amide bonds. The molecule has 0 radical (unpaired) electrons. The van der Waals surface area contributed by atoms with Gasteiger partial charge in [0.2, 0.25) is 0 Å². The SMILES string of the molecule is CCCNC1C=CC(N)=CC1C. The fourth-order valence-electron chi connectivity index (χ4n) is 1.42. The lowest BCUT2D eigenvalue weighted by atomic mass is 9.96. The van der Waals surface area contributed by atoms with Gasteiger partial charge in [-0.15, -0.1) is 0 Å². The molecule has 0 heterocycles. The fourth-order valence-corrected chi connectivity index (χ4v) is 1.42. The summed E-state index contributed by atoms with van der Waals surface area (Å²) in [6.45, 7) is 5.44. The van der Waals surface area contributed by atoms with Gasteiger partial charge >= 0.3 is 0 Å². The molecular weight excluding hydrogens is 148 g/mol. The molecule has 0 spiro atoms. The van der Waals surface area contributed by atoms with Crippen LogP contribution in [0.3, 0.4) is 0 Å². The lowest BCUT2D eigenvalue weighted by molar-refractivity contribution is 0.493. The van der Waals surface area contributed by atoms with Crippen molar-refractivity contribution in [1.29, 1.82) is 0 Å². The van der Waals surface area contributed by atoms with E-state index in [4.69, 9.17) is 5.73 Å². The Bertz CT molecular complexity index is 194. The van der Waals surface area contributed by atoms with E-state index in [9.17, 15) is 0 Å². The number of hydrogen-bond donors (Lipinski definition) is 2. The number of nitrogens with two attached hydrogens (primary N) is 1. The third-order valence-electron chi connectivity index (χ3n) is 2.15. The molecule has 68 valence electrons. The number of rotatable bonds is 3. The van der Waals surface area contributed by atoms with Crippen molar-refractivity contribution in [2.75, 3.05) is 6.54 Å². The molecule has 2 atom stereocenters. The standard InChI is InChI=1S/C10H18N2/c1-3-6-12-10-5-4-9(11)7-8(10)2/h4-5,7-8,10,12H,3,6,11H2,1-2H3. The zero-order valence-electron chi connectivity index (χ0n) is 7.88. The fraction of sp³-hybridized carbons (Fsp3) is 0.600. The molecule has 0 aliphatic heterocycles. The summed E-state index contributed by atoms with van der Waals surface area (Å²) in [7, 11) is 0. The van der Waals surface area contributed by atoms with Crippen LogP contribution in [-0.2, 0) is 0 Å². The molecule has 0 aromatic carbocycles. The molecule has 2 unspecified atom stereocenters. The molecule has 2 nitrogen and oxygen atoms in total. The summed E-state index contributed by atoms with van der Waals surface area (Å²) in [4.78, 5) is 0. The van der Waals surface area contributed by atoms with Gasteiger partial charge in [0.1, 0.15) is 0 Å². The lowest BCUT2D eigenvalue weighted by Gasteiger charge is -2.22. The normalized spacial score (nSPS) is 28.7. The molecule has 1 aliphatic rings. The predicted octanol–water partition coefficient (Wildman–Crippen LogP) is 1.40. The number of nitrogens with one attached hydrogen (secondary N) is 1. The third kappa shape index (κ3) is 2.38. The second-order valence-electron chi connectivity index (χ2n) is 3.36. The first kappa shape index (κ1) is 9.33. The molecule has 1 aliphatic carbocycles. The van der Waals surface area contributed by atoms with Gasteiger partial charge in [-0.1, -0.05) is 26.0 Å². The maximum atomic E-state index is 5.66. The zero-order chi connectivity index (χ0) is 8.97. The van der Waals surface area contributed by atoms with Crippen LogP contribution in [0.4, 0.5) is 0 Å². The average molecular weight is 166 g/mol. The Morgan fingerprint density at radius 1 is 1.58 bits per heavy atom. The van der Waals surface area contributed by atoms with Crippen molar-refractivity contribution in [2.45, 2.75) is 26.3 Å². The van der Waals surface area contributed by atoms with Crippen molar-refractivity contribution < 1.29 is 0 Å². The quantitative estimate of drug-likeness (QED) is 0.665. The van der Waals surface area contributed by atoms with Crippen LogP contribution in [0.25, 0.3) is 0 Å². The number of allylic oxidation sites excluding steroid dienone is 1. The van der Waals surface area contributed by atoms with E-state index in [1.165, 1.54) is 6.42 Å². The highest BCUT2D eigenvalue weighted by Crippen LogP contribution is 2.13. The van der Waals surface area contributed by atoms with Crippen LogP contribution in [0.5, 0.6) is 0 Å². The summed E-state index contributed by atoms with van der Waals surface area (Å²) < 4.78 is 0. The molecule has 0 bridgehead atoms. The van der Waals surface area contributed by atoms with Crippen LogP contribution in [0.2, 0.25) is 0 Å². The smallest absolute Gasteiger partial charge is 0.0315 e. The van der Waals surface area contributed by atoms with Crippen LogP contribution >= 0.6 is 0 Å². The first-order valence-electron chi connectivity index (χ1n) is 4.63.